The number of nitrogens with zero attached hydrogens (tertiary/aromatic N) is 1. The largest absolute Gasteiger partial charge is 0.493 e. The highest BCUT2D eigenvalue weighted by Gasteiger charge is 2.34. The standard InChI is InChI=1S/C25H26ClFN4O5/c1-33-24-17(26)3-2-4-18(24)30-23-20-21(14(9-27)10-29-25(20)32)31-22(23)16-5-6-28-11-19(16)36-13-15-12-34-7-8-35-15/h2-6,11,14-15,30-31H,7-10,12-13H2,1H3,(H,29,32)/t14-,15-/m1/s1. The molecule has 3 aromatic rings. The normalized spacial score (nSPS) is 19.4. The molecule has 5 rings (SSSR count). The molecule has 0 unspecified atom stereocenters. The van der Waals surface area contributed by atoms with Gasteiger partial charge >= 0.3 is 0 Å². The summed E-state index contributed by atoms with van der Waals surface area (Å²) in [4.78, 5) is 20.5. The molecule has 0 aliphatic carbocycles. The van der Waals surface area contributed by atoms with E-state index in [1.807, 2.05) is 0 Å². The Bertz CT molecular complexity index is 1250. The van der Waals surface area contributed by atoms with Gasteiger partial charge in [-0.05, 0) is 18.2 Å². The number of fused-ring (bicyclic) bond motifs is 1. The number of H-pyrrole nitrogens is 1. The highest BCUT2D eigenvalue weighted by Crippen LogP contribution is 2.44. The minimum absolute atomic E-state index is 0.195. The van der Waals surface area contributed by atoms with Crippen molar-refractivity contribution in [3.05, 3.63) is 52.9 Å². The zero-order valence-corrected chi connectivity index (χ0v) is 20.4. The molecule has 11 heteroatoms. The van der Waals surface area contributed by atoms with Gasteiger partial charge in [-0.3, -0.25) is 14.2 Å². The lowest BCUT2D eigenvalue weighted by molar-refractivity contribution is -0.101. The van der Waals surface area contributed by atoms with E-state index < -0.39 is 12.6 Å². The van der Waals surface area contributed by atoms with Gasteiger partial charge < -0.3 is 34.6 Å². The number of rotatable bonds is 8. The number of nitrogens with one attached hydrogen (secondary N) is 3. The average molecular weight is 517 g/mol. The van der Waals surface area contributed by atoms with Gasteiger partial charge in [0, 0.05) is 29.9 Å². The van der Waals surface area contributed by atoms with Gasteiger partial charge in [-0.1, -0.05) is 17.7 Å². The maximum absolute atomic E-state index is 13.9. The van der Waals surface area contributed by atoms with Crippen molar-refractivity contribution in [2.75, 3.05) is 52.1 Å². The number of methoxy groups -OCH3 is 1. The second kappa shape index (κ2) is 10.7. The van der Waals surface area contributed by atoms with Gasteiger partial charge in [0.1, 0.15) is 18.5 Å². The number of halogens is 2. The Morgan fingerprint density at radius 3 is 2.97 bits per heavy atom. The molecule has 1 aromatic carbocycles. The quantitative estimate of drug-likeness (QED) is 0.414. The van der Waals surface area contributed by atoms with Gasteiger partial charge in [0.05, 0.1) is 67.5 Å². The third-order valence-electron chi connectivity index (χ3n) is 6.15. The van der Waals surface area contributed by atoms with E-state index in [1.54, 1.807) is 36.7 Å². The van der Waals surface area contributed by atoms with Crippen LogP contribution in [0.15, 0.2) is 36.7 Å². The smallest absolute Gasteiger partial charge is 0.255 e. The second-order valence-corrected chi connectivity index (χ2v) is 8.83. The van der Waals surface area contributed by atoms with Gasteiger partial charge in [-0.2, -0.15) is 0 Å². The summed E-state index contributed by atoms with van der Waals surface area (Å²) in [6.07, 6.45) is 3.01. The fourth-order valence-electron chi connectivity index (χ4n) is 4.39. The fourth-order valence-corrected chi connectivity index (χ4v) is 4.64. The highest BCUT2D eigenvalue weighted by molar-refractivity contribution is 6.32. The van der Waals surface area contributed by atoms with Crippen molar-refractivity contribution in [3.8, 4) is 22.8 Å². The average Bonchev–Trinajstić information content (AvgIpc) is 3.28. The number of amides is 1. The monoisotopic (exact) mass is 516 g/mol. The highest BCUT2D eigenvalue weighted by atomic mass is 35.5. The minimum Gasteiger partial charge on any atom is -0.493 e. The maximum Gasteiger partial charge on any atom is 0.255 e. The zero-order valence-electron chi connectivity index (χ0n) is 19.6. The van der Waals surface area contributed by atoms with Gasteiger partial charge in [0.2, 0.25) is 0 Å². The first kappa shape index (κ1) is 24.4. The summed E-state index contributed by atoms with van der Waals surface area (Å²) in [5.74, 6) is 0.0554. The number of ether oxygens (including phenoxy) is 4. The number of aromatic amines is 1. The van der Waals surface area contributed by atoms with Crippen molar-refractivity contribution < 1.29 is 28.1 Å². The van der Waals surface area contributed by atoms with Crippen molar-refractivity contribution in [3.63, 3.8) is 0 Å². The molecule has 3 N–H and O–H groups in total. The van der Waals surface area contributed by atoms with Gasteiger partial charge in [-0.15, -0.1) is 0 Å². The predicted molar refractivity (Wildman–Crippen MR) is 132 cm³/mol. The van der Waals surface area contributed by atoms with E-state index in [0.717, 1.165) is 0 Å². The number of para-hydroxylation sites is 1. The van der Waals surface area contributed by atoms with Crippen molar-refractivity contribution in [2.45, 2.75) is 12.0 Å². The lowest BCUT2D eigenvalue weighted by Gasteiger charge is -2.23. The summed E-state index contributed by atoms with van der Waals surface area (Å²) < 4.78 is 36.6. The molecule has 2 atom stereocenters. The van der Waals surface area contributed by atoms with Crippen LogP contribution < -0.4 is 20.1 Å². The van der Waals surface area contributed by atoms with Crippen LogP contribution in [0.25, 0.3) is 11.3 Å². The number of anilines is 2. The van der Waals surface area contributed by atoms with Crippen molar-refractivity contribution in [1.29, 1.82) is 0 Å². The zero-order chi connectivity index (χ0) is 25.1. The van der Waals surface area contributed by atoms with E-state index in [-0.39, 0.29) is 25.2 Å². The first-order chi connectivity index (χ1) is 17.6. The summed E-state index contributed by atoms with van der Waals surface area (Å²) in [6.45, 7) is 1.32. The number of carbonyl (C=O) groups is 1. The Balaban J connectivity index is 1.59. The molecule has 1 saturated heterocycles. The van der Waals surface area contributed by atoms with Gasteiger partial charge in [0.25, 0.3) is 5.91 Å². The molecule has 190 valence electrons. The summed E-state index contributed by atoms with van der Waals surface area (Å²) >= 11 is 6.33. The molecule has 2 aliphatic heterocycles. The number of pyridine rings is 1. The molecule has 2 aliphatic rings. The number of aromatic nitrogens is 2. The molecule has 0 radical (unpaired) electrons. The van der Waals surface area contributed by atoms with Crippen molar-refractivity contribution in [1.82, 2.24) is 15.3 Å². The molecule has 4 heterocycles. The molecular formula is C25H26ClFN4O5. The van der Waals surface area contributed by atoms with Crippen LogP contribution in [0, 0.1) is 0 Å². The van der Waals surface area contributed by atoms with E-state index in [0.29, 0.717) is 70.2 Å². The number of alkyl halides is 1. The van der Waals surface area contributed by atoms with Crippen LogP contribution in [-0.4, -0.2) is 68.7 Å². The van der Waals surface area contributed by atoms with Crippen LogP contribution >= 0.6 is 11.6 Å². The predicted octanol–water partition coefficient (Wildman–Crippen LogP) is 4.07. The minimum atomic E-state index is -0.633. The van der Waals surface area contributed by atoms with Crippen molar-refractivity contribution in [2.24, 2.45) is 0 Å². The van der Waals surface area contributed by atoms with E-state index in [9.17, 15) is 9.18 Å². The molecule has 0 spiro atoms. The van der Waals surface area contributed by atoms with Crippen LogP contribution in [0.2, 0.25) is 5.02 Å². The summed E-state index contributed by atoms with van der Waals surface area (Å²) in [5.41, 5.74) is 3.03. The molecule has 2 aromatic heterocycles. The van der Waals surface area contributed by atoms with Gasteiger partial charge in [-0.25, -0.2) is 0 Å². The number of hydrogen-bond acceptors (Lipinski definition) is 7. The molecule has 0 bridgehead atoms. The first-order valence-electron chi connectivity index (χ1n) is 11.6. The van der Waals surface area contributed by atoms with Crippen LogP contribution in [0.5, 0.6) is 11.5 Å². The summed E-state index contributed by atoms with van der Waals surface area (Å²) in [5, 5.41) is 6.49. The molecule has 1 amide bonds. The second-order valence-electron chi connectivity index (χ2n) is 8.42. The lowest BCUT2D eigenvalue weighted by Crippen LogP contribution is -2.35. The summed E-state index contributed by atoms with van der Waals surface area (Å²) in [7, 11) is 1.51. The number of benzene rings is 1. The van der Waals surface area contributed by atoms with E-state index in [4.69, 9.17) is 30.5 Å². The molecule has 1 fully saturated rings. The van der Waals surface area contributed by atoms with Crippen LogP contribution in [-0.2, 0) is 9.47 Å². The third-order valence-corrected chi connectivity index (χ3v) is 6.45. The van der Waals surface area contributed by atoms with Crippen LogP contribution in [0.1, 0.15) is 22.0 Å². The lowest BCUT2D eigenvalue weighted by atomic mass is 9.97. The van der Waals surface area contributed by atoms with E-state index in [1.165, 1.54) is 7.11 Å². The van der Waals surface area contributed by atoms with E-state index >= 15 is 0 Å². The first-order valence-corrected chi connectivity index (χ1v) is 11.9. The number of carbonyl (C=O) groups excluding carboxylic acids is 1. The number of hydrogen-bond donors (Lipinski definition) is 3. The Kier molecular flexibility index (Phi) is 7.26. The molecule has 36 heavy (non-hydrogen) atoms. The van der Waals surface area contributed by atoms with E-state index in [2.05, 4.69) is 20.6 Å². The maximum atomic E-state index is 13.9. The fraction of sp³-hybridized carbons (Fsp3) is 0.360. The topological polar surface area (TPSA) is 107 Å². The van der Waals surface area contributed by atoms with Crippen LogP contribution in [0.3, 0.4) is 0 Å². The molecule has 0 saturated carbocycles. The van der Waals surface area contributed by atoms with Gasteiger partial charge in [0.15, 0.2) is 5.75 Å². The molecule has 9 nitrogen and oxygen atoms in total. The van der Waals surface area contributed by atoms with Crippen molar-refractivity contribution >= 4 is 28.9 Å². The summed E-state index contributed by atoms with van der Waals surface area (Å²) in [6, 6.07) is 7.03. The third kappa shape index (κ3) is 4.71. The Labute approximate surface area is 212 Å². The molecular weight excluding hydrogens is 491 g/mol. The van der Waals surface area contributed by atoms with Crippen LogP contribution in [0.4, 0.5) is 15.8 Å². The SMILES string of the molecule is COc1c(Cl)cccc1Nc1c(-c2ccncc2OC[C@H]2COCCO2)[nH]c2c1C(=O)NC[C@H]2CF. The Morgan fingerprint density at radius 1 is 1.31 bits per heavy atom. The Morgan fingerprint density at radius 2 is 2.19 bits per heavy atom. The Hall–Kier alpha value is -3.34.